The van der Waals surface area contributed by atoms with Crippen molar-refractivity contribution in [3.63, 3.8) is 0 Å². The highest BCUT2D eigenvalue weighted by molar-refractivity contribution is 6.25. The van der Waals surface area contributed by atoms with Gasteiger partial charge in [0, 0.05) is 18.0 Å². The Morgan fingerprint density at radius 2 is 1.97 bits per heavy atom. The van der Waals surface area contributed by atoms with Crippen LogP contribution in [0.25, 0.3) is 6.08 Å². The summed E-state index contributed by atoms with van der Waals surface area (Å²) in [5.74, 6) is -0.0481. The fourth-order valence-corrected chi connectivity index (χ4v) is 4.49. The van der Waals surface area contributed by atoms with Crippen LogP contribution < -0.4 is 0 Å². The lowest BCUT2D eigenvalue weighted by molar-refractivity contribution is 0.101. The lowest BCUT2D eigenvalue weighted by Crippen LogP contribution is -2.32. The van der Waals surface area contributed by atoms with E-state index >= 15 is 0 Å². The molecule has 1 heterocycles. The molecule has 3 aromatic rings. The number of allylic oxidation sites excluding steroid dienone is 1. The Bertz CT molecular complexity index is 1220. The number of aromatic nitrogens is 2. The Morgan fingerprint density at radius 1 is 1.20 bits per heavy atom. The molecule has 1 atom stereocenters. The van der Waals surface area contributed by atoms with Gasteiger partial charge in [-0.05, 0) is 54.7 Å². The largest absolute Gasteiger partial charge is 0.411 e. The second kappa shape index (κ2) is 7.06. The summed E-state index contributed by atoms with van der Waals surface area (Å²) in [7, 11) is 0. The molecule has 2 aliphatic carbocycles. The highest BCUT2D eigenvalue weighted by Gasteiger charge is 2.40. The van der Waals surface area contributed by atoms with E-state index < -0.39 is 0 Å². The first kappa shape index (κ1) is 18.5. The molecule has 2 aromatic carbocycles. The van der Waals surface area contributed by atoms with Crippen LogP contribution in [0, 0.1) is 18.7 Å². The number of imidazole rings is 1. The van der Waals surface area contributed by atoms with Crippen molar-refractivity contribution < 1.29 is 14.4 Å². The van der Waals surface area contributed by atoms with E-state index in [9.17, 15) is 14.4 Å². The van der Waals surface area contributed by atoms with Crippen LogP contribution in [0.15, 0.2) is 59.3 Å². The number of Topliss-reactive ketones (excluding diaryl/α,β-unsaturated/α-hetero) is 1. The molecule has 2 aliphatic rings. The van der Waals surface area contributed by atoms with Crippen LogP contribution in [0.5, 0.6) is 0 Å². The third-order valence-corrected chi connectivity index (χ3v) is 6.01. The lowest BCUT2D eigenvalue weighted by Gasteiger charge is -2.24. The van der Waals surface area contributed by atoms with Crippen molar-refractivity contribution in [1.29, 1.82) is 0 Å². The first-order valence-corrected chi connectivity index (χ1v) is 9.95. The van der Waals surface area contributed by atoms with Crippen LogP contribution >= 0.6 is 0 Å². The van der Waals surface area contributed by atoms with E-state index in [4.69, 9.17) is 0 Å². The second-order valence-corrected chi connectivity index (χ2v) is 7.77. The zero-order valence-electron chi connectivity index (χ0n) is 16.5. The first-order valence-electron chi connectivity index (χ1n) is 9.95. The van der Waals surface area contributed by atoms with Gasteiger partial charge in [-0.2, -0.15) is 0 Å². The van der Waals surface area contributed by atoms with Crippen molar-refractivity contribution in [3.05, 3.63) is 93.8 Å². The van der Waals surface area contributed by atoms with Gasteiger partial charge in [-0.15, -0.1) is 0 Å². The Hall–Kier alpha value is -3.54. The molecule has 0 radical (unpaired) electrons. The van der Waals surface area contributed by atoms with Crippen LogP contribution in [0.2, 0.25) is 0 Å². The predicted octanol–water partition coefficient (Wildman–Crippen LogP) is 4.40. The van der Waals surface area contributed by atoms with E-state index in [1.807, 2.05) is 35.8 Å². The summed E-state index contributed by atoms with van der Waals surface area (Å²) in [6.07, 6.45) is 3.39. The van der Waals surface area contributed by atoms with Gasteiger partial charge in [0.2, 0.25) is 5.78 Å². The average molecular weight is 401 g/mol. The number of benzene rings is 2. The number of fused-ring (bicyclic) bond motifs is 3. The smallest absolute Gasteiger partial charge is 0.208 e. The van der Waals surface area contributed by atoms with E-state index in [1.165, 1.54) is 17.7 Å². The minimum atomic E-state index is -0.306. The molecule has 0 spiro atoms. The molecule has 0 aliphatic heterocycles. The highest BCUT2D eigenvalue weighted by atomic mass is 19.1. The SMILES string of the molecule is Cc1nc2c(n1Cc1ccc(F)cc1)C(=O)C1=Cc3ccccc3CCC1/C2=N\O. The summed E-state index contributed by atoms with van der Waals surface area (Å²) in [6, 6.07) is 14.2. The topological polar surface area (TPSA) is 67.5 Å². The van der Waals surface area contributed by atoms with E-state index in [-0.39, 0.29) is 17.5 Å². The van der Waals surface area contributed by atoms with Crippen LogP contribution in [-0.2, 0) is 13.0 Å². The summed E-state index contributed by atoms with van der Waals surface area (Å²) in [5.41, 5.74) is 4.97. The molecule has 0 amide bonds. The number of halogens is 1. The molecular formula is C24H20FN3O2. The number of rotatable bonds is 2. The minimum absolute atomic E-state index is 0.0955. The second-order valence-electron chi connectivity index (χ2n) is 7.77. The number of ketones is 1. The van der Waals surface area contributed by atoms with Gasteiger partial charge < -0.3 is 9.77 Å². The van der Waals surface area contributed by atoms with Crippen LogP contribution in [0.1, 0.15) is 45.1 Å². The van der Waals surface area contributed by atoms with E-state index in [2.05, 4.69) is 16.2 Å². The Labute approximate surface area is 173 Å². The maximum absolute atomic E-state index is 13.6. The van der Waals surface area contributed by atoms with Gasteiger partial charge in [0.15, 0.2) is 0 Å². The molecule has 0 saturated carbocycles. The molecule has 6 heteroatoms. The van der Waals surface area contributed by atoms with Crippen molar-refractivity contribution in [2.24, 2.45) is 11.1 Å². The molecule has 30 heavy (non-hydrogen) atoms. The Balaban J connectivity index is 1.66. The molecule has 150 valence electrons. The number of oxime groups is 1. The standard InChI is InChI=1S/C24H20FN3O2/c1-14-26-22-21(27-30)19-11-8-16-4-2-3-5-17(16)12-20(19)24(29)23(22)28(14)13-15-6-9-18(25)10-7-15/h2-7,9-10,12,19,30H,8,11,13H2,1H3/b27-21+. The van der Waals surface area contributed by atoms with Crippen LogP contribution in [-0.4, -0.2) is 26.3 Å². The van der Waals surface area contributed by atoms with Crippen molar-refractivity contribution in [2.45, 2.75) is 26.3 Å². The van der Waals surface area contributed by atoms with E-state index in [0.29, 0.717) is 41.5 Å². The Kier molecular flexibility index (Phi) is 4.35. The predicted molar refractivity (Wildman–Crippen MR) is 111 cm³/mol. The maximum atomic E-state index is 13.6. The Morgan fingerprint density at radius 3 is 2.73 bits per heavy atom. The van der Waals surface area contributed by atoms with Crippen molar-refractivity contribution in [1.82, 2.24) is 9.55 Å². The lowest BCUT2D eigenvalue weighted by atomic mass is 9.80. The normalized spacial score (nSPS) is 19.0. The maximum Gasteiger partial charge on any atom is 0.208 e. The fourth-order valence-electron chi connectivity index (χ4n) is 4.49. The van der Waals surface area contributed by atoms with Gasteiger partial charge in [0.25, 0.3) is 0 Å². The number of aryl methyl sites for hydroxylation is 2. The van der Waals surface area contributed by atoms with E-state index in [0.717, 1.165) is 17.5 Å². The zero-order chi connectivity index (χ0) is 20.8. The van der Waals surface area contributed by atoms with Crippen molar-refractivity contribution in [2.75, 3.05) is 0 Å². The molecule has 1 aromatic heterocycles. The third kappa shape index (κ3) is 2.87. The molecule has 5 rings (SSSR count). The zero-order valence-corrected chi connectivity index (χ0v) is 16.5. The van der Waals surface area contributed by atoms with Gasteiger partial charge in [-0.25, -0.2) is 9.37 Å². The van der Waals surface area contributed by atoms with Crippen molar-refractivity contribution in [3.8, 4) is 0 Å². The highest BCUT2D eigenvalue weighted by Crippen LogP contribution is 2.37. The van der Waals surface area contributed by atoms with Gasteiger partial charge in [-0.3, -0.25) is 4.79 Å². The molecule has 0 saturated heterocycles. The monoisotopic (exact) mass is 401 g/mol. The fraction of sp³-hybridized carbons (Fsp3) is 0.208. The van der Waals surface area contributed by atoms with Gasteiger partial charge in [-0.1, -0.05) is 41.6 Å². The number of carbonyl (C=O) groups excluding carboxylic acids is 1. The molecule has 1 unspecified atom stereocenters. The molecule has 0 fully saturated rings. The van der Waals surface area contributed by atoms with E-state index in [1.54, 1.807) is 12.1 Å². The quantitative estimate of drug-likeness (QED) is 0.511. The minimum Gasteiger partial charge on any atom is -0.411 e. The number of nitrogens with zero attached hydrogens (tertiary/aromatic N) is 3. The molecule has 1 N–H and O–H groups in total. The van der Waals surface area contributed by atoms with Gasteiger partial charge in [0.1, 0.15) is 28.7 Å². The van der Waals surface area contributed by atoms with Crippen LogP contribution in [0.4, 0.5) is 4.39 Å². The summed E-state index contributed by atoms with van der Waals surface area (Å²) in [4.78, 5) is 18.2. The molecule has 5 nitrogen and oxygen atoms in total. The summed E-state index contributed by atoms with van der Waals surface area (Å²) in [5, 5.41) is 13.4. The summed E-state index contributed by atoms with van der Waals surface area (Å²) < 4.78 is 15.1. The number of hydrogen-bond acceptors (Lipinski definition) is 4. The third-order valence-electron chi connectivity index (χ3n) is 6.01. The molecular weight excluding hydrogens is 381 g/mol. The van der Waals surface area contributed by atoms with Crippen molar-refractivity contribution >= 4 is 17.6 Å². The number of carbonyl (C=O) groups is 1. The average Bonchev–Trinajstić information content (AvgIpc) is 2.94. The number of hydrogen-bond donors (Lipinski definition) is 1. The first-order chi connectivity index (χ1) is 14.6. The van der Waals surface area contributed by atoms with Gasteiger partial charge >= 0.3 is 0 Å². The summed E-state index contributed by atoms with van der Waals surface area (Å²) in [6.45, 7) is 2.21. The van der Waals surface area contributed by atoms with Crippen LogP contribution in [0.3, 0.4) is 0 Å². The molecule has 0 bridgehead atoms. The van der Waals surface area contributed by atoms with Gasteiger partial charge in [0.05, 0.1) is 0 Å². The summed E-state index contributed by atoms with van der Waals surface area (Å²) >= 11 is 0.